The van der Waals surface area contributed by atoms with Gasteiger partial charge < -0.3 is 24.8 Å². The Morgan fingerprint density at radius 3 is 2.68 bits per heavy atom. The molecule has 0 saturated carbocycles. The number of benzene rings is 1. The van der Waals surface area contributed by atoms with E-state index >= 15 is 0 Å². The lowest BCUT2D eigenvalue weighted by molar-refractivity contribution is -0.136. The summed E-state index contributed by atoms with van der Waals surface area (Å²) in [6.07, 6.45) is 1.10. The average Bonchev–Trinajstić information content (AvgIpc) is 3.07. The summed E-state index contributed by atoms with van der Waals surface area (Å²) in [5.74, 6) is 1.35. The Hall–Kier alpha value is -1.79. The second-order valence-electron chi connectivity index (χ2n) is 5.75. The molecule has 0 radical (unpaired) electrons. The van der Waals surface area contributed by atoms with Gasteiger partial charge in [-0.05, 0) is 31.5 Å². The zero-order valence-electron chi connectivity index (χ0n) is 13.0. The number of fused-ring (bicyclic) bond motifs is 1. The first-order valence-corrected chi connectivity index (χ1v) is 7.59. The molecule has 6 nitrogen and oxygen atoms in total. The van der Waals surface area contributed by atoms with Crippen molar-refractivity contribution in [3.8, 4) is 11.5 Å². The minimum Gasteiger partial charge on any atom is -0.496 e. The molecule has 2 aliphatic rings. The highest BCUT2D eigenvalue weighted by Gasteiger charge is 2.35. The second-order valence-corrected chi connectivity index (χ2v) is 5.75. The van der Waals surface area contributed by atoms with E-state index in [-0.39, 0.29) is 18.5 Å². The number of rotatable bonds is 3. The summed E-state index contributed by atoms with van der Waals surface area (Å²) in [6.45, 7) is 1.60. The van der Waals surface area contributed by atoms with Crippen LogP contribution in [0.25, 0.3) is 0 Å². The molecule has 22 heavy (non-hydrogen) atoms. The molecule has 6 heteroatoms. The summed E-state index contributed by atoms with van der Waals surface area (Å²) in [7, 11) is 3.17. The maximum absolute atomic E-state index is 12.6. The number of hydrogen-bond donors (Lipinski definition) is 2. The third-order valence-electron chi connectivity index (χ3n) is 4.46. The van der Waals surface area contributed by atoms with Crippen molar-refractivity contribution in [1.29, 1.82) is 0 Å². The molecule has 1 fully saturated rings. The van der Waals surface area contributed by atoms with Crippen molar-refractivity contribution in [2.45, 2.75) is 31.5 Å². The van der Waals surface area contributed by atoms with Gasteiger partial charge in [-0.2, -0.15) is 0 Å². The first-order chi connectivity index (χ1) is 10.7. The Balaban J connectivity index is 1.92. The summed E-state index contributed by atoms with van der Waals surface area (Å²) in [4.78, 5) is 14.3. The Morgan fingerprint density at radius 2 is 2.05 bits per heavy atom. The fourth-order valence-corrected chi connectivity index (χ4v) is 3.36. The van der Waals surface area contributed by atoms with Crippen molar-refractivity contribution in [2.24, 2.45) is 0 Å². The highest BCUT2D eigenvalue weighted by Crippen LogP contribution is 2.39. The number of hydrogen-bond acceptors (Lipinski definition) is 5. The maximum atomic E-state index is 12.6. The van der Waals surface area contributed by atoms with Crippen LogP contribution in [0.1, 0.15) is 30.1 Å². The van der Waals surface area contributed by atoms with Crippen molar-refractivity contribution in [3.63, 3.8) is 0 Å². The Bertz CT molecular complexity index is 570. The molecule has 3 rings (SSSR count). The van der Waals surface area contributed by atoms with Crippen LogP contribution in [0.4, 0.5) is 0 Å². The lowest BCUT2D eigenvalue weighted by atomic mass is 9.94. The van der Waals surface area contributed by atoms with Crippen molar-refractivity contribution in [1.82, 2.24) is 10.2 Å². The van der Waals surface area contributed by atoms with Crippen LogP contribution in [0.15, 0.2) is 12.1 Å². The van der Waals surface area contributed by atoms with Crippen molar-refractivity contribution in [3.05, 3.63) is 23.3 Å². The van der Waals surface area contributed by atoms with Crippen LogP contribution in [-0.2, 0) is 11.3 Å². The van der Waals surface area contributed by atoms with E-state index in [9.17, 15) is 9.90 Å². The number of ether oxygens (including phenoxy) is 2. The number of aliphatic hydroxyl groups is 1. The molecule has 2 heterocycles. The van der Waals surface area contributed by atoms with Crippen LogP contribution in [-0.4, -0.2) is 49.3 Å². The molecule has 120 valence electrons. The zero-order chi connectivity index (χ0) is 15.7. The SMILES string of the molecule is COc1ccc(OC)c2c1CN(C(=O)C1CCCN1)CC2O. The van der Waals surface area contributed by atoms with E-state index in [1.54, 1.807) is 25.2 Å². The van der Waals surface area contributed by atoms with Gasteiger partial charge in [0.2, 0.25) is 5.91 Å². The van der Waals surface area contributed by atoms with Gasteiger partial charge in [0.1, 0.15) is 17.6 Å². The van der Waals surface area contributed by atoms with Crippen LogP contribution in [0.5, 0.6) is 11.5 Å². The number of β-amino-alcohol motifs (C(OH)–C–C–N with tert-alkyl or cyclic N) is 1. The predicted octanol–water partition coefficient (Wildman–Crippen LogP) is 0.831. The van der Waals surface area contributed by atoms with E-state index in [4.69, 9.17) is 9.47 Å². The van der Waals surface area contributed by atoms with E-state index in [1.165, 1.54) is 0 Å². The second kappa shape index (κ2) is 6.14. The molecule has 1 aromatic carbocycles. The monoisotopic (exact) mass is 306 g/mol. The van der Waals surface area contributed by atoms with Crippen LogP contribution in [0.2, 0.25) is 0 Å². The summed E-state index contributed by atoms with van der Waals surface area (Å²) >= 11 is 0. The molecule has 2 unspecified atom stereocenters. The Kier molecular flexibility index (Phi) is 4.22. The van der Waals surface area contributed by atoms with Gasteiger partial charge in [0.05, 0.1) is 26.8 Å². The lowest BCUT2D eigenvalue weighted by Crippen LogP contribution is -2.46. The van der Waals surface area contributed by atoms with Crippen LogP contribution in [0.3, 0.4) is 0 Å². The number of nitrogens with zero attached hydrogens (tertiary/aromatic N) is 1. The van der Waals surface area contributed by atoms with Gasteiger partial charge in [-0.3, -0.25) is 4.79 Å². The van der Waals surface area contributed by atoms with E-state index in [0.29, 0.717) is 18.0 Å². The van der Waals surface area contributed by atoms with Crippen LogP contribution < -0.4 is 14.8 Å². The van der Waals surface area contributed by atoms with E-state index in [0.717, 1.165) is 30.5 Å². The quantitative estimate of drug-likeness (QED) is 0.865. The summed E-state index contributed by atoms with van der Waals surface area (Å²) in [5, 5.41) is 13.7. The minimum absolute atomic E-state index is 0.0482. The molecule has 0 spiro atoms. The van der Waals surface area contributed by atoms with Crippen LogP contribution in [0, 0.1) is 0 Å². The van der Waals surface area contributed by atoms with Crippen molar-refractivity contribution in [2.75, 3.05) is 27.3 Å². The molecule has 2 N–H and O–H groups in total. The van der Waals surface area contributed by atoms with Gasteiger partial charge in [0.15, 0.2) is 0 Å². The highest BCUT2D eigenvalue weighted by molar-refractivity contribution is 5.82. The Morgan fingerprint density at radius 1 is 1.32 bits per heavy atom. The van der Waals surface area contributed by atoms with E-state index in [1.807, 2.05) is 6.07 Å². The first kappa shape index (κ1) is 15.1. The molecule has 2 aliphatic heterocycles. The van der Waals surface area contributed by atoms with Crippen molar-refractivity contribution < 1.29 is 19.4 Å². The molecular formula is C16H22N2O4. The van der Waals surface area contributed by atoms with Gasteiger partial charge in [-0.15, -0.1) is 0 Å². The zero-order valence-corrected chi connectivity index (χ0v) is 13.0. The maximum Gasteiger partial charge on any atom is 0.240 e. The summed E-state index contributed by atoms with van der Waals surface area (Å²) in [5.41, 5.74) is 1.55. The smallest absolute Gasteiger partial charge is 0.240 e. The molecular weight excluding hydrogens is 284 g/mol. The fourth-order valence-electron chi connectivity index (χ4n) is 3.36. The summed E-state index contributed by atoms with van der Waals surface area (Å²) < 4.78 is 10.7. The topological polar surface area (TPSA) is 71.0 Å². The number of amides is 1. The van der Waals surface area contributed by atoms with Gasteiger partial charge >= 0.3 is 0 Å². The average molecular weight is 306 g/mol. The fraction of sp³-hybridized carbons (Fsp3) is 0.562. The molecule has 1 aromatic rings. The first-order valence-electron chi connectivity index (χ1n) is 7.59. The van der Waals surface area contributed by atoms with Gasteiger partial charge in [-0.25, -0.2) is 0 Å². The van der Waals surface area contributed by atoms with E-state index in [2.05, 4.69) is 5.32 Å². The van der Waals surface area contributed by atoms with Gasteiger partial charge in [-0.1, -0.05) is 0 Å². The minimum atomic E-state index is -0.765. The third-order valence-corrected chi connectivity index (χ3v) is 4.46. The molecule has 1 amide bonds. The number of nitrogens with one attached hydrogen (secondary N) is 1. The molecule has 0 aliphatic carbocycles. The number of methoxy groups -OCH3 is 2. The predicted molar refractivity (Wildman–Crippen MR) is 80.9 cm³/mol. The van der Waals surface area contributed by atoms with E-state index < -0.39 is 6.10 Å². The normalized spacial score (nSPS) is 24.0. The van der Waals surface area contributed by atoms with Crippen molar-refractivity contribution >= 4 is 5.91 Å². The number of carbonyl (C=O) groups excluding carboxylic acids is 1. The summed E-state index contributed by atoms with van der Waals surface area (Å²) in [6, 6.07) is 3.47. The molecule has 2 atom stereocenters. The lowest BCUT2D eigenvalue weighted by Gasteiger charge is -2.35. The van der Waals surface area contributed by atoms with Gasteiger partial charge in [0.25, 0.3) is 0 Å². The highest BCUT2D eigenvalue weighted by atomic mass is 16.5. The molecule has 0 aromatic heterocycles. The van der Waals surface area contributed by atoms with Gasteiger partial charge in [0, 0.05) is 17.7 Å². The standard InChI is InChI=1S/C16H22N2O4/c1-21-13-5-6-14(22-2)15-10(13)8-18(9-12(15)19)16(20)11-4-3-7-17-11/h5-6,11-12,17,19H,3-4,7-9H2,1-2H3. The molecule has 1 saturated heterocycles. The third kappa shape index (κ3) is 2.53. The number of carbonyl (C=O) groups is 1. The molecule has 0 bridgehead atoms. The Labute approximate surface area is 130 Å². The number of aliphatic hydroxyl groups excluding tert-OH is 1. The largest absolute Gasteiger partial charge is 0.496 e. The van der Waals surface area contributed by atoms with Crippen LogP contribution >= 0.6 is 0 Å².